The van der Waals surface area contributed by atoms with E-state index in [4.69, 9.17) is 23.3 Å². The monoisotopic (exact) mass is 280 g/mol. The molecule has 12 heteroatoms. The van der Waals surface area contributed by atoms with Gasteiger partial charge in [-0.3, -0.25) is 18.9 Å². The molecule has 0 saturated heterocycles. The lowest BCUT2D eigenvalue weighted by atomic mass is 10.4. The van der Waals surface area contributed by atoms with Gasteiger partial charge in [0, 0.05) is 14.1 Å². The number of hydrogen-bond donors (Lipinski definition) is 4. The van der Waals surface area contributed by atoms with Crippen LogP contribution in [0.3, 0.4) is 0 Å². The zero-order valence-corrected chi connectivity index (χ0v) is 10.3. The smallest absolute Gasteiger partial charge is 0.364 e. The maximum Gasteiger partial charge on any atom is 0.394 e. The fourth-order valence-electron chi connectivity index (χ4n) is 0.678. The van der Waals surface area contributed by atoms with E-state index < -0.39 is 16.3 Å². The molecule has 0 saturated carbocycles. The molecule has 0 aliphatic carbocycles. The van der Waals surface area contributed by atoms with Crippen molar-refractivity contribution in [1.82, 2.24) is 15.0 Å². The van der Waals surface area contributed by atoms with Gasteiger partial charge in [0.05, 0.1) is 6.33 Å². The Morgan fingerprint density at radius 2 is 2.00 bits per heavy atom. The number of H-pyrrole nitrogens is 1. The Bertz CT molecular complexity index is 512. The molecule has 0 unspecified atom stereocenters. The molecule has 0 aliphatic rings. The number of hydrogen-bond acceptors (Lipinski definition) is 6. The van der Waals surface area contributed by atoms with Gasteiger partial charge in [-0.2, -0.15) is 8.42 Å². The van der Waals surface area contributed by atoms with Crippen molar-refractivity contribution in [3.05, 3.63) is 12.0 Å². The third-order valence-electron chi connectivity index (χ3n) is 1.18. The lowest BCUT2D eigenvalue weighted by Crippen LogP contribution is -2.11. The molecule has 18 heavy (non-hydrogen) atoms. The van der Waals surface area contributed by atoms with Crippen LogP contribution in [0.1, 0.15) is 10.5 Å². The van der Waals surface area contributed by atoms with Gasteiger partial charge in [-0.05, 0) is 0 Å². The highest BCUT2D eigenvalue weighted by Gasteiger charge is 2.09. The van der Waals surface area contributed by atoms with Crippen molar-refractivity contribution in [3.63, 3.8) is 0 Å². The Kier molecular flexibility index (Phi) is 5.87. The first-order valence-electron chi connectivity index (χ1n) is 4.23. The normalized spacial score (nSPS) is 10.9. The highest BCUT2D eigenvalue weighted by Crippen LogP contribution is 2.12. The summed E-state index contributed by atoms with van der Waals surface area (Å²) in [7, 11) is -1.24. The van der Waals surface area contributed by atoms with E-state index in [2.05, 4.69) is 20.3 Å². The average Bonchev–Trinajstić information content (AvgIpc) is 2.59. The van der Waals surface area contributed by atoms with E-state index in [9.17, 15) is 4.79 Å². The molecule has 0 atom stereocenters. The molecule has 1 aromatic rings. The van der Waals surface area contributed by atoms with Crippen LogP contribution in [0.4, 0.5) is 5.82 Å². The Balaban J connectivity index is 0.000000494. The summed E-state index contributed by atoms with van der Waals surface area (Å²) >= 11 is 0. The summed E-state index contributed by atoms with van der Waals surface area (Å²) in [5, 5.41) is 8.90. The van der Waals surface area contributed by atoms with Gasteiger partial charge in [0.2, 0.25) is 0 Å². The third kappa shape index (κ3) is 8.14. The minimum atomic E-state index is -4.67. The van der Waals surface area contributed by atoms with Crippen molar-refractivity contribution in [2.24, 2.45) is 16.1 Å². The van der Waals surface area contributed by atoms with Crippen LogP contribution >= 0.6 is 0 Å². The minimum Gasteiger partial charge on any atom is -0.364 e. The van der Waals surface area contributed by atoms with Crippen molar-refractivity contribution in [1.29, 1.82) is 0 Å². The number of imidazole rings is 1. The Hall–Kier alpha value is -2.05. The number of primary amides is 1. The number of aromatic amines is 1. The molecular formula is C6H12N6O5S. The van der Waals surface area contributed by atoms with Gasteiger partial charge >= 0.3 is 10.4 Å². The predicted octanol–water partition coefficient (Wildman–Crippen LogP) is -0.584. The number of aromatic nitrogens is 2. The van der Waals surface area contributed by atoms with Crippen LogP contribution in [-0.4, -0.2) is 52.5 Å². The van der Waals surface area contributed by atoms with E-state index in [-0.39, 0.29) is 11.5 Å². The number of nitrogens with one attached hydrogen (secondary N) is 1. The zero-order valence-electron chi connectivity index (χ0n) is 9.47. The molecule has 0 spiro atoms. The van der Waals surface area contributed by atoms with Gasteiger partial charge in [0.25, 0.3) is 5.91 Å². The molecule has 0 radical (unpaired) electrons. The summed E-state index contributed by atoms with van der Waals surface area (Å²) in [5.74, 6) is -0.366. The second-order valence-electron chi connectivity index (χ2n) is 2.95. The van der Waals surface area contributed by atoms with Crippen molar-refractivity contribution in [2.45, 2.75) is 0 Å². The first-order valence-corrected chi connectivity index (χ1v) is 5.63. The predicted molar refractivity (Wildman–Crippen MR) is 59.5 cm³/mol. The third-order valence-corrected chi connectivity index (χ3v) is 1.18. The van der Waals surface area contributed by atoms with Gasteiger partial charge in [0.15, 0.2) is 11.5 Å². The molecular weight excluding hydrogens is 268 g/mol. The van der Waals surface area contributed by atoms with E-state index in [0.717, 1.165) is 0 Å². The Morgan fingerprint density at radius 1 is 1.50 bits per heavy atom. The van der Waals surface area contributed by atoms with Crippen molar-refractivity contribution < 1.29 is 22.3 Å². The second kappa shape index (κ2) is 6.63. The summed E-state index contributed by atoms with van der Waals surface area (Å²) < 4.78 is 31.6. The maximum atomic E-state index is 10.8. The first kappa shape index (κ1) is 16.0. The van der Waals surface area contributed by atoms with Crippen LogP contribution in [0.2, 0.25) is 0 Å². The fraction of sp³-hybridized carbons (Fsp3) is 0.333. The van der Waals surface area contributed by atoms with Gasteiger partial charge < -0.3 is 10.7 Å². The lowest BCUT2D eigenvalue weighted by molar-refractivity contribution is 0.0996. The molecule has 0 aliphatic heterocycles. The zero-order chi connectivity index (χ0) is 14.3. The summed E-state index contributed by atoms with van der Waals surface area (Å²) in [6.07, 6.45) is 1.34. The Labute approximate surface area is 102 Å². The fourth-order valence-corrected chi connectivity index (χ4v) is 0.678. The van der Waals surface area contributed by atoms with Crippen LogP contribution in [0, 0.1) is 0 Å². The standard InChI is InChI=1S/C6H10N6O.H2O4S/c1-12(2)11-10-6-4(5(7)13)8-3-9-6;1-5(2,3)4/h3H,1-2H3,(H2,7,13)(H,8,9);(H2,1,2,3,4). The van der Waals surface area contributed by atoms with E-state index in [1.807, 2.05) is 0 Å². The summed E-state index contributed by atoms with van der Waals surface area (Å²) in [5.41, 5.74) is 5.12. The van der Waals surface area contributed by atoms with E-state index in [1.165, 1.54) is 11.3 Å². The molecule has 1 aromatic heterocycles. The lowest BCUT2D eigenvalue weighted by Gasteiger charge is -1.99. The van der Waals surface area contributed by atoms with Crippen molar-refractivity contribution >= 4 is 22.1 Å². The topological polar surface area (TPSA) is 174 Å². The largest absolute Gasteiger partial charge is 0.394 e. The Morgan fingerprint density at radius 3 is 2.39 bits per heavy atom. The molecule has 11 nitrogen and oxygen atoms in total. The van der Waals surface area contributed by atoms with Crippen molar-refractivity contribution in [2.75, 3.05) is 14.1 Å². The molecule has 0 fully saturated rings. The quantitative estimate of drug-likeness (QED) is 0.325. The maximum absolute atomic E-state index is 10.8. The van der Waals surface area contributed by atoms with Crippen LogP contribution in [0.25, 0.3) is 0 Å². The SMILES string of the molecule is CN(C)N=Nc1[nH]cnc1C(N)=O.O=S(=O)(O)O. The molecule has 1 amide bonds. The summed E-state index contributed by atoms with van der Waals surface area (Å²) in [6.45, 7) is 0. The molecule has 102 valence electrons. The molecule has 0 aromatic carbocycles. The van der Waals surface area contributed by atoms with E-state index in [1.54, 1.807) is 14.1 Å². The van der Waals surface area contributed by atoms with E-state index in [0.29, 0.717) is 0 Å². The number of nitrogens with two attached hydrogens (primary N) is 1. The van der Waals surface area contributed by atoms with Gasteiger partial charge in [-0.1, -0.05) is 5.22 Å². The number of nitrogens with zero attached hydrogens (tertiary/aromatic N) is 4. The molecule has 0 bridgehead atoms. The highest BCUT2D eigenvalue weighted by molar-refractivity contribution is 7.79. The first-order chi connectivity index (χ1) is 8.11. The average molecular weight is 280 g/mol. The summed E-state index contributed by atoms with van der Waals surface area (Å²) in [6, 6.07) is 0. The summed E-state index contributed by atoms with van der Waals surface area (Å²) in [4.78, 5) is 17.1. The molecule has 5 N–H and O–H groups in total. The van der Waals surface area contributed by atoms with Gasteiger partial charge in [0.1, 0.15) is 0 Å². The number of amides is 1. The van der Waals surface area contributed by atoms with Crippen LogP contribution in [0.15, 0.2) is 16.7 Å². The minimum absolute atomic E-state index is 0.0885. The van der Waals surface area contributed by atoms with Gasteiger partial charge in [-0.15, -0.1) is 5.11 Å². The van der Waals surface area contributed by atoms with Gasteiger partial charge in [-0.25, -0.2) is 4.98 Å². The molecule has 1 rings (SSSR count). The van der Waals surface area contributed by atoms with Crippen LogP contribution < -0.4 is 5.73 Å². The molecule has 1 heterocycles. The number of carbonyl (C=O) groups is 1. The van der Waals surface area contributed by atoms with E-state index >= 15 is 0 Å². The van der Waals surface area contributed by atoms with Crippen LogP contribution in [0.5, 0.6) is 0 Å². The van der Waals surface area contributed by atoms with Crippen LogP contribution in [-0.2, 0) is 10.4 Å². The second-order valence-corrected chi connectivity index (χ2v) is 3.84. The highest BCUT2D eigenvalue weighted by atomic mass is 32.3. The number of rotatable bonds is 3. The number of carbonyl (C=O) groups excluding carboxylic acids is 1. The van der Waals surface area contributed by atoms with Crippen molar-refractivity contribution in [3.8, 4) is 0 Å².